The smallest absolute Gasteiger partial charge is 0.263 e. The molecule has 0 unspecified atom stereocenters. The Labute approximate surface area is 139 Å². The molecule has 21 heavy (non-hydrogen) atoms. The maximum atomic E-state index is 13.6. The van der Waals surface area contributed by atoms with E-state index in [4.69, 9.17) is 28.9 Å². The maximum absolute atomic E-state index is 13.6. The Bertz CT molecular complexity index is 815. The zero-order valence-corrected chi connectivity index (χ0v) is 14.1. The topological polar surface area (TPSA) is 72.2 Å². The lowest BCUT2D eigenvalue weighted by molar-refractivity contribution is 0.598. The lowest BCUT2D eigenvalue weighted by Crippen LogP contribution is -2.15. The van der Waals surface area contributed by atoms with Crippen LogP contribution in [0.1, 0.15) is 0 Å². The maximum Gasteiger partial charge on any atom is 0.263 e. The van der Waals surface area contributed by atoms with E-state index < -0.39 is 15.8 Å². The van der Waals surface area contributed by atoms with Gasteiger partial charge in [0.25, 0.3) is 10.0 Å². The fraction of sp³-hybridized carbons (Fsp3) is 0. The van der Waals surface area contributed by atoms with Crippen LogP contribution in [-0.2, 0) is 10.0 Å². The van der Waals surface area contributed by atoms with Crippen molar-refractivity contribution < 1.29 is 12.8 Å². The van der Waals surface area contributed by atoms with Crippen LogP contribution in [0.2, 0.25) is 10.0 Å². The van der Waals surface area contributed by atoms with Gasteiger partial charge in [0.15, 0.2) is 0 Å². The Balaban J connectivity index is 2.49. The van der Waals surface area contributed by atoms with E-state index in [-0.39, 0.29) is 26.3 Å². The van der Waals surface area contributed by atoms with Crippen LogP contribution in [0.5, 0.6) is 0 Å². The molecule has 0 aliphatic rings. The Kier molecular flexibility index (Phi) is 4.67. The molecule has 2 aromatic rings. The zero-order valence-electron chi connectivity index (χ0n) is 10.2. The molecule has 0 bridgehead atoms. The van der Waals surface area contributed by atoms with Crippen LogP contribution in [0.25, 0.3) is 0 Å². The summed E-state index contributed by atoms with van der Waals surface area (Å²) in [6.45, 7) is 0. The number of nitrogens with one attached hydrogen (secondary N) is 1. The summed E-state index contributed by atoms with van der Waals surface area (Å²) in [6, 6.07) is 6.36. The SMILES string of the molecule is Nc1c(Cl)ccc(S(=O)(=O)Nc2cc(Br)ccc2F)c1Cl. The summed E-state index contributed by atoms with van der Waals surface area (Å²) < 4.78 is 40.8. The molecule has 0 radical (unpaired) electrons. The first-order valence-electron chi connectivity index (χ1n) is 5.43. The highest BCUT2D eigenvalue weighted by Crippen LogP contribution is 2.34. The molecule has 9 heteroatoms. The van der Waals surface area contributed by atoms with Gasteiger partial charge in [-0.15, -0.1) is 0 Å². The van der Waals surface area contributed by atoms with Crippen LogP contribution in [0.15, 0.2) is 39.7 Å². The van der Waals surface area contributed by atoms with Crippen molar-refractivity contribution in [2.24, 2.45) is 0 Å². The monoisotopic (exact) mass is 412 g/mol. The summed E-state index contributed by atoms with van der Waals surface area (Å²) in [5.41, 5.74) is 5.32. The fourth-order valence-electron chi connectivity index (χ4n) is 1.53. The molecular formula is C12H8BrCl2FN2O2S. The highest BCUT2D eigenvalue weighted by atomic mass is 79.9. The van der Waals surface area contributed by atoms with Gasteiger partial charge in [-0.1, -0.05) is 39.1 Å². The predicted molar refractivity (Wildman–Crippen MR) is 85.8 cm³/mol. The Morgan fingerprint density at radius 3 is 2.52 bits per heavy atom. The minimum Gasteiger partial charge on any atom is -0.396 e. The van der Waals surface area contributed by atoms with Gasteiger partial charge in [-0.25, -0.2) is 12.8 Å². The van der Waals surface area contributed by atoms with Crippen molar-refractivity contribution in [1.29, 1.82) is 0 Å². The van der Waals surface area contributed by atoms with Crippen molar-refractivity contribution in [2.45, 2.75) is 4.90 Å². The standard InChI is InChI=1S/C12H8BrCl2FN2O2S/c13-6-1-3-8(16)9(5-6)18-21(19,20)10-4-2-7(14)12(17)11(10)15/h1-5,18H,17H2. The first-order valence-corrected chi connectivity index (χ1v) is 8.47. The molecule has 0 aliphatic carbocycles. The molecule has 112 valence electrons. The van der Waals surface area contributed by atoms with Gasteiger partial charge in [0.1, 0.15) is 10.7 Å². The van der Waals surface area contributed by atoms with E-state index in [1.54, 1.807) is 0 Å². The Morgan fingerprint density at radius 1 is 1.19 bits per heavy atom. The molecule has 0 amide bonds. The Morgan fingerprint density at radius 2 is 1.86 bits per heavy atom. The number of nitrogen functional groups attached to an aromatic ring is 1. The van der Waals surface area contributed by atoms with Crippen LogP contribution < -0.4 is 10.5 Å². The average molecular weight is 414 g/mol. The molecule has 0 saturated carbocycles. The molecule has 0 aliphatic heterocycles. The van der Waals surface area contributed by atoms with Crippen LogP contribution >= 0.6 is 39.1 Å². The molecule has 0 fully saturated rings. The second-order valence-corrected chi connectivity index (χ2v) is 7.35. The van der Waals surface area contributed by atoms with Gasteiger partial charge < -0.3 is 5.73 Å². The summed E-state index contributed by atoms with van der Waals surface area (Å²) in [4.78, 5) is -0.287. The number of benzene rings is 2. The first-order chi connectivity index (χ1) is 9.72. The molecule has 3 N–H and O–H groups in total. The molecule has 0 aromatic heterocycles. The zero-order chi connectivity index (χ0) is 15.8. The summed E-state index contributed by atoms with van der Waals surface area (Å²) in [5, 5.41) is -0.0852. The van der Waals surface area contributed by atoms with E-state index in [0.717, 1.165) is 6.07 Å². The van der Waals surface area contributed by atoms with E-state index in [1.807, 2.05) is 0 Å². The quantitative estimate of drug-likeness (QED) is 0.737. The van der Waals surface area contributed by atoms with E-state index >= 15 is 0 Å². The second-order valence-electron chi connectivity index (χ2n) is 4.00. The largest absolute Gasteiger partial charge is 0.396 e. The number of sulfonamides is 1. The van der Waals surface area contributed by atoms with E-state index in [0.29, 0.717) is 4.47 Å². The number of nitrogens with two attached hydrogens (primary N) is 1. The van der Waals surface area contributed by atoms with Gasteiger partial charge in [0.05, 0.1) is 21.4 Å². The summed E-state index contributed by atoms with van der Waals surface area (Å²) in [5.74, 6) is -0.722. The van der Waals surface area contributed by atoms with E-state index in [2.05, 4.69) is 20.7 Å². The van der Waals surface area contributed by atoms with Crippen molar-refractivity contribution in [2.75, 3.05) is 10.5 Å². The summed E-state index contributed by atoms with van der Waals surface area (Å²) in [6.07, 6.45) is 0. The van der Waals surface area contributed by atoms with Gasteiger partial charge in [-0.3, -0.25) is 4.72 Å². The number of anilines is 2. The fourth-order valence-corrected chi connectivity index (χ4v) is 3.72. The molecular weight excluding hydrogens is 406 g/mol. The van der Waals surface area contributed by atoms with Crippen molar-refractivity contribution >= 4 is 60.5 Å². The number of halogens is 4. The van der Waals surface area contributed by atoms with Crippen molar-refractivity contribution in [3.63, 3.8) is 0 Å². The Hall–Kier alpha value is -1.02. The van der Waals surface area contributed by atoms with Crippen molar-refractivity contribution in [3.05, 3.63) is 50.7 Å². The van der Waals surface area contributed by atoms with Crippen LogP contribution in [0.3, 0.4) is 0 Å². The third-order valence-corrected chi connectivity index (χ3v) is 5.30. The van der Waals surface area contributed by atoms with Crippen LogP contribution in [-0.4, -0.2) is 8.42 Å². The highest BCUT2D eigenvalue weighted by Gasteiger charge is 2.22. The lowest BCUT2D eigenvalue weighted by Gasteiger charge is -2.12. The number of rotatable bonds is 3. The van der Waals surface area contributed by atoms with Gasteiger partial charge in [-0.05, 0) is 30.3 Å². The molecule has 0 saturated heterocycles. The minimum absolute atomic E-state index is 0.0593. The van der Waals surface area contributed by atoms with E-state index in [9.17, 15) is 12.8 Å². The third kappa shape index (κ3) is 3.42. The van der Waals surface area contributed by atoms with Gasteiger partial charge >= 0.3 is 0 Å². The predicted octanol–water partition coefficient (Wildman–Crippen LogP) is 4.28. The molecule has 2 aromatic carbocycles. The van der Waals surface area contributed by atoms with Crippen LogP contribution in [0, 0.1) is 5.82 Å². The highest BCUT2D eigenvalue weighted by molar-refractivity contribution is 9.10. The first kappa shape index (κ1) is 16.4. The van der Waals surface area contributed by atoms with Gasteiger partial charge in [0, 0.05) is 4.47 Å². The normalized spacial score (nSPS) is 11.4. The van der Waals surface area contributed by atoms with Gasteiger partial charge in [0.2, 0.25) is 0 Å². The van der Waals surface area contributed by atoms with E-state index in [1.165, 1.54) is 24.3 Å². The lowest BCUT2D eigenvalue weighted by atomic mass is 10.3. The van der Waals surface area contributed by atoms with Crippen molar-refractivity contribution in [3.8, 4) is 0 Å². The number of hydrogen-bond donors (Lipinski definition) is 2. The molecule has 0 spiro atoms. The molecule has 0 heterocycles. The number of hydrogen-bond acceptors (Lipinski definition) is 3. The second kappa shape index (κ2) is 6.00. The molecule has 0 atom stereocenters. The average Bonchev–Trinajstić information content (AvgIpc) is 2.39. The summed E-state index contributed by atoms with van der Waals surface area (Å²) in [7, 11) is -4.10. The molecule has 2 rings (SSSR count). The van der Waals surface area contributed by atoms with Crippen molar-refractivity contribution in [1.82, 2.24) is 0 Å². The minimum atomic E-state index is -4.10. The summed E-state index contributed by atoms with van der Waals surface area (Å²) >= 11 is 14.8. The van der Waals surface area contributed by atoms with Gasteiger partial charge in [-0.2, -0.15) is 0 Å². The molecule has 4 nitrogen and oxygen atoms in total. The third-order valence-electron chi connectivity index (χ3n) is 2.55. The van der Waals surface area contributed by atoms with Crippen LogP contribution in [0.4, 0.5) is 15.8 Å².